The van der Waals surface area contributed by atoms with Crippen molar-refractivity contribution in [2.75, 3.05) is 0 Å². The Morgan fingerprint density at radius 1 is 1.36 bits per heavy atom. The zero-order valence-electron chi connectivity index (χ0n) is 10.0. The molecule has 1 aromatic heterocycles. The quantitative estimate of drug-likeness (QED) is 0.692. The Morgan fingerprint density at radius 2 is 2.00 bits per heavy atom. The van der Waals surface area contributed by atoms with Crippen molar-refractivity contribution in [2.45, 2.75) is 47.0 Å². The molecule has 0 aliphatic heterocycles. The molecule has 14 heavy (non-hydrogen) atoms. The van der Waals surface area contributed by atoms with Gasteiger partial charge in [-0.2, -0.15) is 0 Å². The first-order valence-electron chi connectivity index (χ1n) is 5.50. The second-order valence-electron chi connectivity index (χ2n) is 5.24. The van der Waals surface area contributed by atoms with Gasteiger partial charge in [-0.15, -0.1) is 0 Å². The Kier molecular flexibility index (Phi) is 3.41. The summed E-state index contributed by atoms with van der Waals surface area (Å²) in [7, 11) is 0. The third kappa shape index (κ3) is 2.40. The highest BCUT2D eigenvalue weighted by molar-refractivity contribution is 5.10. The Hall–Kier alpha value is -0.720. The molecule has 0 amide bonds. The van der Waals surface area contributed by atoms with Crippen LogP contribution in [0.25, 0.3) is 0 Å². The molecule has 0 radical (unpaired) electrons. The van der Waals surface area contributed by atoms with E-state index in [1.54, 1.807) is 6.26 Å². The first kappa shape index (κ1) is 11.4. The maximum Gasteiger partial charge on any atom is 0.107 e. The molecule has 2 atom stereocenters. The van der Waals surface area contributed by atoms with Crippen LogP contribution < -0.4 is 0 Å². The minimum absolute atomic E-state index is 0.271. The average molecular weight is 194 g/mol. The van der Waals surface area contributed by atoms with E-state index in [0.717, 1.165) is 5.76 Å². The van der Waals surface area contributed by atoms with Crippen molar-refractivity contribution in [3.63, 3.8) is 0 Å². The van der Waals surface area contributed by atoms with Gasteiger partial charge in [-0.25, -0.2) is 0 Å². The zero-order valence-corrected chi connectivity index (χ0v) is 10.0. The van der Waals surface area contributed by atoms with Gasteiger partial charge in [-0.05, 0) is 23.5 Å². The topological polar surface area (TPSA) is 13.1 Å². The maximum absolute atomic E-state index is 5.55. The van der Waals surface area contributed by atoms with Crippen molar-refractivity contribution in [2.24, 2.45) is 11.3 Å². The highest BCUT2D eigenvalue weighted by Crippen LogP contribution is 2.41. The van der Waals surface area contributed by atoms with Crippen molar-refractivity contribution in [1.29, 1.82) is 0 Å². The summed E-state index contributed by atoms with van der Waals surface area (Å²) in [6.07, 6.45) is 2.97. The largest absolute Gasteiger partial charge is 0.469 e. The van der Waals surface area contributed by atoms with Gasteiger partial charge in [0.1, 0.15) is 5.76 Å². The molecule has 80 valence electrons. The van der Waals surface area contributed by atoms with Crippen molar-refractivity contribution < 1.29 is 4.42 Å². The van der Waals surface area contributed by atoms with Crippen molar-refractivity contribution in [1.82, 2.24) is 0 Å². The standard InChI is InChI=1S/C13H22O/c1-6-10(2)12(13(3,4)5)11-8-7-9-14-11/h7-10,12H,6H2,1-5H3/t10?,12-/m0/s1. The van der Waals surface area contributed by atoms with Gasteiger partial charge in [0.25, 0.3) is 0 Å². The molecule has 1 heterocycles. The van der Waals surface area contributed by atoms with Crippen LogP contribution in [0.15, 0.2) is 22.8 Å². The average Bonchev–Trinajstić information content (AvgIpc) is 2.54. The molecule has 1 nitrogen and oxygen atoms in total. The molecule has 1 heteroatoms. The van der Waals surface area contributed by atoms with E-state index in [1.165, 1.54) is 6.42 Å². The second kappa shape index (κ2) is 4.20. The molecule has 0 aliphatic rings. The first-order chi connectivity index (χ1) is 6.46. The van der Waals surface area contributed by atoms with Gasteiger partial charge in [-0.1, -0.05) is 41.0 Å². The van der Waals surface area contributed by atoms with Crippen LogP contribution in [0.1, 0.15) is 52.7 Å². The van der Waals surface area contributed by atoms with Crippen LogP contribution in [-0.4, -0.2) is 0 Å². The Labute approximate surface area is 87.5 Å². The lowest BCUT2D eigenvalue weighted by molar-refractivity contribution is 0.210. The summed E-state index contributed by atoms with van der Waals surface area (Å²) in [6.45, 7) is 11.4. The normalized spacial score (nSPS) is 16.6. The van der Waals surface area contributed by atoms with Crippen molar-refractivity contribution >= 4 is 0 Å². The highest BCUT2D eigenvalue weighted by Gasteiger charge is 2.32. The number of rotatable bonds is 3. The third-order valence-corrected chi connectivity index (χ3v) is 3.00. The molecule has 0 spiro atoms. The van der Waals surface area contributed by atoms with E-state index in [2.05, 4.69) is 40.7 Å². The van der Waals surface area contributed by atoms with Crippen LogP contribution in [0.3, 0.4) is 0 Å². The Bertz CT molecular complexity index is 253. The molecule has 0 aliphatic carbocycles. The van der Waals surface area contributed by atoms with Crippen LogP contribution in [0.4, 0.5) is 0 Å². The molecule has 0 saturated heterocycles. The summed E-state index contributed by atoms with van der Waals surface area (Å²) in [5, 5.41) is 0. The van der Waals surface area contributed by atoms with Gasteiger partial charge >= 0.3 is 0 Å². The summed E-state index contributed by atoms with van der Waals surface area (Å²) in [5.74, 6) is 2.32. The third-order valence-electron chi connectivity index (χ3n) is 3.00. The molecule has 1 unspecified atom stereocenters. The van der Waals surface area contributed by atoms with Gasteiger partial charge < -0.3 is 4.42 Å². The van der Waals surface area contributed by atoms with Gasteiger partial charge in [0.15, 0.2) is 0 Å². The second-order valence-corrected chi connectivity index (χ2v) is 5.24. The minimum atomic E-state index is 0.271. The fraction of sp³-hybridized carbons (Fsp3) is 0.692. The lowest BCUT2D eigenvalue weighted by Crippen LogP contribution is -2.24. The summed E-state index contributed by atoms with van der Waals surface area (Å²) in [4.78, 5) is 0. The lowest BCUT2D eigenvalue weighted by Gasteiger charge is -2.33. The van der Waals surface area contributed by atoms with Crippen LogP contribution in [-0.2, 0) is 0 Å². The van der Waals surface area contributed by atoms with E-state index >= 15 is 0 Å². The number of furan rings is 1. The van der Waals surface area contributed by atoms with E-state index in [0.29, 0.717) is 11.8 Å². The van der Waals surface area contributed by atoms with E-state index < -0.39 is 0 Å². The van der Waals surface area contributed by atoms with Gasteiger partial charge in [0, 0.05) is 5.92 Å². The number of hydrogen-bond donors (Lipinski definition) is 0. The summed E-state index contributed by atoms with van der Waals surface area (Å²) in [6, 6.07) is 4.08. The van der Waals surface area contributed by atoms with Gasteiger partial charge in [0.2, 0.25) is 0 Å². The predicted octanol–water partition coefficient (Wildman–Crippen LogP) is 4.46. The molecule has 0 saturated carbocycles. The van der Waals surface area contributed by atoms with Crippen LogP contribution in [0.2, 0.25) is 0 Å². The summed E-state index contributed by atoms with van der Waals surface area (Å²) >= 11 is 0. The summed E-state index contributed by atoms with van der Waals surface area (Å²) < 4.78 is 5.55. The highest BCUT2D eigenvalue weighted by atomic mass is 16.3. The van der Waals surface area contributed by atoms with Crippen LogP contribution in [0, 0.1) is 11.3 Å². The molecule has 1 aromatic rings. The van der Waals surface area contributed by atoms with E-state index in [9.17, 15) is 0 Å². The molecule has 1 rings (SSSR count). The first-order valence-corrected chi connectivity index (χ1v) is 5.50. The predicted molar refractivity (Wildman–Crippen MR) is 60.4 cm³/mol. The van der Waals surface area contributed by atoms with Gasteiger partial charge in [0.05, 0.1) is 6.26 Å². The van der Waals surface area contributed by atoms with Gasteiger partial charge in [-0.3, -0.25) is 0 Å². The monoisotopic (exact) mass is 194 g/mol. The summed E-state index contributed by atoms with van der Waals surface area (Å²) in [5.41, 5.74) is 0.271. The Balaban J connectivity index is 2.94. The van der Waals surface area contributed by atoms with E-state index in [-0.39, 0.29) is 5.41 Å². The van der Waals surface area contributed by atoms with Crippen LogP contribution >= 0.6 is 0 Å². The van der Waals surface area contributed by atoms with E-state index in [4.69, 9.17) is 4.42 Å². The zero-order chi connectivity index (χ0) is 10.8. The van der Waals surface area contributed by atoms with E-state index in [1.807, 2.05) is 6.07 Å². The van der Waals surface area contributed by atoms with Crippen LogP contribution in [0.5, 0.6) is 0 Å². The Morgan fingerprint density at radius 3 is 2.36 bits per heavy atom. The fourth-order valence-electron chi connectivity index (χ4n) is 2.26. The minimum Gasteiger partial charge on any atom is -0.469 e. The SMILES string of the molecule is CCC(C)[C@@H](c1ccco1)C(C)(C)C. The molecule has 0 bridgehead atoms. The fourth-order valence-corrected chi connectivity index (χ4v) is 2.26. The number of hydrogen-bond acceptors (Lipinski definition) is 1. The molecule has 0 fully saturated rings. The molecule has 0 N–H and O–H groups in total. The maximum atomic E-state index is 5.55. The van der Waals surface area contributed by atoms with Crippen molar-refractivity contribution in [3.8, 4) is 0 Å². The molecule has 0 aromatic carbocycles. The smallest absolute Gasteiger partial charge is 0.107 e. The van der Waals surface area contributed by atoms with Crippen molar-refractivity contribution in [3.05, 3.63) is 24.2 Å². The molecular weight excluding hydrogens is 172 g/mol. The lowest BCUT2D eigenvalue weighted by atomic mass is 9.71. The molecular formula is C13H22O.